The highest BCUT2D eigenvalue weighted by atomic mass is 16.6. The lowest BCUT2D eigenvalue weighted by Gasteiger charge is -2.24. The zero-order valence-electron chi connectivity index (χ0n) is 14.8. The largest absolute Gasteiger partial charge is 0.444 e. The molecule has 0 bridgehead atoms. The van der Waals surface area contributed by atoms with Crippen LogP contribution in [0.2, 0.25) is 0 Å². The number of carbonyl (C=O) groups excluding carboxylic acids is 1. The highest BCUT2D eigenvalue weighted by Gasteiger charge is 2.31. The molecule has 2 unspecified atom stereocenters. The summed E-state index contributed by atoms with van der Waals surface area (Å²) in [7, 11) is 0. The highest BCUT2D eigenvalue weighted by Crippen LogP contribution is 2.32. The lowest BCUT2D eigenvalue weighted by molar-refractivity contribution is 0.0521. The van der Waals surface area contributed by atoms with Crippen LogP contribution in [0.5, 0.6) is 0 Å². The average molecular weight is 318 g/mol. The van der Waals surface area contributed by atoms with Gasteiger partial charge in [0.2, 0.25) is 0 Å². The summed E-state index contributed by atoms with van der Waals surface area (Å²) in [6, 6.07) is 10.9. The summed E-state index contributed by atoms with van der Waals surface area (Å²) in [5.41, 5.74) is 0.892. The van der Waals surface area contributed by atoms with Crippen molar-refractivity contribution >= 4 is 6.09 Å². The number of nitrogens with one attached hydrogen (secondary N) is 2. The van der Waals surface area contributed by atoms with Gasteiger partial charge in [0, 0.05) is 19.1 Å². The van der Waals surface area contributed by atoms with Crippen LogP contribution in [0.25, 0.3) is 0 Å². The lowest BCUT2D eigenvalue weighted by atomic mass is 10.0. The van der Waals surface area contributed by atoms with Gasteiger partial charge in [-0.05, 0) is 51.0 Å². The molecule has 1 amide bonds. The van der Waals surface area contributed by atoms with Crippen LogP contribution in [0.1, 0.15) is 52.0 Å². The van der Waals surface area contributed by atoms with Crippen LogP contribution in [0.15, 0.2) is 30.3 Å². The summed E-state index contributed by atoms with van der Waals surface area (Å²) in [6.45, 7) is 9.41. The minimum absolute atomic E-state index is 0.327. The van der Waals surface area contributed by atoms with Gasteiger partial charge in [-0.3, -0.25) is 0 Å². The van der Waals surface area contributed by atoms with Crippen LogP contribution < -0.4 is 10.6 Å². The van der Waals surface area contributed by atoms with E-state index in [1.807, 2.05) is 26.8 Å². The van der Waals surface area contributed by atoms with E-state index in [1.54, 1.807) is 0 Å². The number of hydrogen-bond donors (Lipinski definition) is 2. The molecule has 0 spiro atoms. The minimum Gasteiger partial charge on any atom is -0.444 e. The van der Waals surface area contributed by atoms with E-state index in [0.29, 0.717) is 24.4 Å². The van der Waals surface area contributed by atoms with E-state index >= 15 is 0 Å². The molecule has 1 fully saturated rings. The van der Waals surface area contributed by atoms with E-state index in [4.69, 9.17) is 4.74 Å². The van der Waals surface area contributed by atoms with Crippen molar-refractivity contribution in [3.05, 3.63) is 35.9 Å². The molecule has 2 rings (SSSR count). The van der Waals surface area contributed by atoms with Gasteiger partial charge in [0.15, 0.2) is 0 Å². The van der Waals surface area contributed by atoms with E-state index in [0.717, 1.165) is 6.54 Å². The highest BCUT2D eigenvalue weighted by molar-refractivity contribution is 5.67. The number of carbonyl (C=O) groups is 1. The SMILES string of the molecule is CC(CNC(CNC(=O)OC(C)(C)C)C1CC1)c1ccccc1. The Morgan fingerprint density at radius 2 is 1.87 bits per heavy atom. The van der Waals surface area contributed by atoms with E-state index in [2.05, 4.69) is 41.8 Å². The molecule has 0 aromatic heterocycles. The Hall–Kier alpha value is -1.55. The van der Waals surface area contributed by atoms with E-state index < -0.39 is 5.60 Å². The third-order valence-corrected chi connectivity index (χ3v) is 4.11. The number of benzene rings is 1. The fourth-order valence-electron chi connectivity index (χ4n) is 2.64. The molecule has 1 aliphatic carbocycles. The third-order valence-electron chi connectivity index (χ3n) is 4.11. The number of ether oxygens (including phenoxy) is 1. The average Bonchev–Trinajstić information content (AvgIpc) is 3.31. The maximum Gasteiger partial charge on any atom is 0.407 e. The fraction of sp³-hybridized carbons (Fsp3) is 0.632. The normalized spacial score (nSPS) is 17.4. The van der Waals surface area contributed by atoms with Crippen molar-refractivity contribution in [1.29, 1.82) is 0 Å². The predicted molar refractivity (Wildman–Crippen MR) is 93.6 cm³/mol. The van der Waals surface area contributed by atoms with Gasteiger partial charge in [-0.25, -0.2) is 4.79 Å². The molecule has 2 N–H and O–H groups in total. The van der Waals surface area contributed by atoms with Crippen LogP contribution in [-0.4, -0.2) is 30.8 Å². The number of rotatable bonds is 7. The van der Waals surface area contributed by atoms with E-state index in [1.165, 1.54) is 18.4 Å². The number of amides is 1. The van der Waals surface area contributed by atoms with Gasteiger partial charge in [-0.15, -0.1) is 0 Å². The van der Waals surface area contributed by atoms with Crippen LogP contribution in [-0.2, 0) is 4.74 Å². The van der Waals surface area contributed by atoms with Gasteiger partial charge in [-0.1, -0.05) is 37.3 Å². The van der Waals surface area contributed by atoms with Gasteiger partial charge in [-0.2, -0.15) is 0 Å². The molecule has 1 aromatic rings. The van der Waals surface area contributed by atoms with Crippen molar-refractivity contribution < 1.29 is 9.53 Å². The molecule has 1 aliphatic rings. The summed E-state index contributed by atoms with van der Waals surface area (Å²) in [4.78, 5) is 11.8. The Morgan fingerprint density at radius 1 is 1.22 bits per heavy atom. The molecule has 23 heavy (non-hydrogen) atoms. The molecule has 4 heteroatoms. The van der Waals surface area contributed by atoms with Crippen molar-refractivity contribution in [3.63, 3.8) is 0 Å². The zero-order chi connectivity index (χ0) is 16.9. The van der Waals surface area contributed by atoms with Gasteiger partial charge < -0.3 is 15.4 Å². The predicted octanol–water partition coefficient (Wildman–Crippen LogP) is 3.68. The second-order valence-corrected chi connectivity index (χ2v) is 7.55. The number of alkyl carbamates (subject to hydrolysis) is 1. The van der Waals surface area contributed by atoms with Crippen molar-refractivity contribution in [2.75, 3.05) is 13.1 Å². The zero-order valence-corrected chi connectivity index (χ0v) is 14.8. The summed E-state index contributed by atoms with van der Waals surface area (Å²) in [6.07, 6.45) is 2.15. The first-order chi connectivity index (χ1) is 10.8. The van der Waals surface area contributed by atoms with Gasteiger partial charge >= 0.3 is 6.09 Å². The summed E-state index contributed by atoms with van der Waals surface area (Å²) in [5, 5.41) is 6.53. The molecular weight excluding hydrogens is 288 g/mol. The molecule has 0 radical (unpaired) electrons. The van der Waals surface area contributed by atoms with Crippen LogP contribution in [0, 0.1) is 5.92 Å². The molecule has 0 aliphatic heterocycles. The van der Waals surface area contributed by atoms with Crippen molar-refractivity contribution in [1.82, 2.24) is 10.6 Å². The van der Waals surface area contributed by atoms with Gasteiger partial charge in [0.25, 0.3) is 0 Å². The lowest BCUT2D eigenvalue weighted by Crippen LogP contribution is -2.44. The van der Waals surface area contributed by atoms with Crippen LogP contribution in [0.4, 0.5) is 4.79 Å². The summed E-state index contributed by atoms with van der Waals surface area (Å²) in [5.74, 6) is 1.13. The second kappa shape index (κ2) is 7.82. The fourth-order valence-corrected chi connectivity index (χ4v) is 2.64. The Kier molecular flexibility index (Phi) is 6.05. The van der Waals surface area contributed by atoms with Crippen molar-refractivity contribution in [3.8, 4) is 0 Å². The first kappa shape index (κ1) is 17.8. The van der Waals surface area contributed by atoms with Gasteiger partial charge in [0.1, 0.15) is 5.60 Å². The molecular formula is C19H30N2O2. The minimum atomic E-state index is -0.450. The molecule has 1 aromatic carbocycles. The van der Waals surface area contributed by atoms with Crippen molar-refractivity contribution in [2.24, 2.45) is 5.92 Å². The quantitative estimate of drug-likeness (QED) is 0.806. The summed E-state index contributed by atoms with van der Waals surface area (Å²) >= 11 is 0. The molecule has 2 atom stereocenters. The standard InChI is InChI=1S/C19H30N2O2/c1-14(15-8-6-5-7-9-15)12-20-17(16-10-11-16)13-21-18(22)23-19(2,3)4/h5-9,14,16-17,20H,10-13H2,1-4H3,(H,21,22). The Balaban J connectivity index is 1.77. The van der Waals surface area contributed by atoms with Crippen LogP contribution in [0.3, 0.4) is 0 Å². The first-order valence-electron chi connectivity index (χ1n) is 8.60. The second-order valence-electron chi connectivity index (χ2n) is 7.55. The summed E-state index contributed by atoms with van der Waals surface area (Å²) < 4.78 is 5.31. The third kappa shape index (κ3) is 6.61. The Morgan fingerprint density at radius 3 is 2.43 bits per heavy atom. The monoisotopic (exact) mass is 318 g/mol. The van der Waals surface area contributed by atoms with Crippen LogP contribution >= 0.6 is 0 Å². The molecule has 0 saturated heterocycles. The molecule has 4 nitrogen and oxygen atoms in total. The molecule has 1 saturated carbocycles. The van der Waals surface area contributed by atoms with E-state index in [-0.39, 0.29) is 6.09 Å². The smallest absolute Gasteiger partial charge is 0.407 e. The maximum absolute atomic E-state index is 11.8. The van der Waals surface area contributed by atoms with Gasteiger partial charge in [0.05, 0.1) is 0 Å². The van der Waals surface area contributed by atoms with E-state index in [9.17, 15) is 4.79 Å². The Bertz CT molecular complexity index is 492. The number of hydrogen-bond acceptors (Lipinski definition) is 3. The maximum atomic E-state index is 11.8. The molecule has 128 valence electrons. The Labute approximate surface area is 140 Å². The molecule has 0 heterocycles. The first-order valence-corrected chi connectivity index (χ1v) is 8.60. The van der Waals surface area contributed by atoms with Crippen molar-refractivity contribution in [2.45, 2.75) is 58.1 Å². The topological polar surface area (TPSA) is 50.4 Å².